The molecule has 0 aliphatic carbocycles. The minimum atomic E-state index is -1.09. The van der Waals surface area contributed by atoms with Crippen LogP contribution in [0.4, 0.5) is 0 Å². The predicted molar refractivity (Wildman–Crippen MR) is 129 cm³/mol. The molecular weight excluding hydrogens is 452 g/mol. The Hall–Kier alpha value is -4.20. The Morgan fingerprint density at radius 1 is 0.743 bits per heavy atom. The number of esters is 4. The number of hydrogen-bond acceptors (Lipinski definition) is 8. The van der Waals surface area contributed by atoms with Gasteiger partial charge in [-0.05, 0) is 60.9 Å². The van der Waals surface area contributed by atoms with Crippen LogP contribution < -0.4 is 9.47 Å². The molecule has 8 nitrogen and oxygen atoms in total. The SMILES string of the molecule is CCC(C)(CC(=O)Oc1ccc(/C=C/C(=O)OC)cc1)C(=O)Oc1ccc(/C=C/C(=O)OC)cc1. The van der Waals surface area contributed by atoms with E-state index in [1.807, 2.05) is 0 Å². The number of rotatable bonds is 10. The normalized spacial score (nSPS) is 12.7. The summed E-state index contributed by atoms with van der Waals surface area (Å²) in [6.07, 6.45) is 5.90. The van der Waals surface area contributed by atoms with E-state index in [1.165, 1.54) is 26.4 Å². The van der Waals surface area contributed by atoms with E-state index in [9.17, 15) is 19.2 Å². The fourth-order valence-electron chi connectivity index (χ4n) is 2.82. The Balaban J connectivity index is 1.97. The lowest BCUT2D eigenvalue weighted by Gasteiger charge is -2.24. The van der Waals surface area contributed by atoms with E-state index in [0.717, 1.165) is 11.1 Å². The number of ether oxygens (including phenoxy) is 4. The van der Waals surface area contributed by atoms with Crippen molar-refractivity contribution in [2.75, 3.05) is 14.2 Å². The van der Waals surface area contributed by atoms with Crippen molar-refractivity contribution in [2.24, 2.45) is 5.41 Å². The van der Waals surface area contributed by atoms with Gasteiger partial charge in [0, 0.05) is 12.2 Å². The molecule has 1 atom stereocenters. The molecule has 1 unspecified atom stereocenters. The first-order chi connectivity index (χ1) is 16.7. The monoisotopic (exact) mass is 480 g/mol. The van der Waals surface area contributed by atoms with Gasteiger partial charge in [0.1, 0.15) is 11.5 Å². The van der Waals surface area contributed by atoms with Crippen LogP contribution in [0.1, 0.15) is 37.8 Å². The van der Waals surface area contributed by atoms with Crippen LogP contribution in [0.15, 0.2) is 60.7 Å². The van der Waals surface area contributed by atoms with Gasteiger partial charge in [-0.15, -0.1) is 0 Å². The standard InChI is InChI=1S/C27H28O8/c1-5-27(2,26(31)35-22-14-8-20(9-15-22)11-17-24(29)33-4)18-25(30)34-21-12-6-19(7-13-21)10-16-23(28)32-3/h6-17H,5,18H2,1-4H3/b16-10+,17-11+. The average Bonchev–Trinajstić information content (AvgIpc) is 2.87. The Morgan fingerprint density at radius 3 is 1.57 bits per heavy atom. The Kier molecular flexibility index (Phi) is 9.96. The summed E-state index contributed by atoms with van der Waals surface area (Å²) < 4.78 is 19.9. The molecule has 35 heavy (non-hydrogen) atoms. The van der Waals surface area contributed by atoms with Crippen molar-refractivity contribution in [3.05, 3.63) is 71.8 Å². The molecule has 0 saturated heterocycles. The quantitative estimate of drug-likeness (QED) is 0.280. The van der Waals surface area contributed by atoms with Gasteiger partial charge in [0.15, 0.2) is 0 Å². The van der Waals surface area contributed by atoms with E-state index in [4.69, 9.17) is 9.47 Å². The summed E-state index contributed by atoms with van der Waals surface area (Å²) in [4.78, 5) is 47.7. The minimum absolute atomic E-state index is 0.174. The van der Waals surface area contributed by atoms with Gasteiger partial charge in [-0.2, -0.15) is 0 Å². The lowest BCUT2D eigenvalue weighted by Crippen LogP contribution is -2.35. The number of carbonyl (C=O) groups excluding carboxylic acids is 4. The van der Waals surface area contributed by atoms with Crippen LogP contribution in [0.25, 0.3) is 12.2 Å². The fraction of sp³-hybridized carbons (Fsp3) is 0.259. The van der Waals surface area contributed by atoms with Gasteiger partial charge >= 0.3 is 23.9 Å². The lowest BCUT2D eigenvalue weighted by atomic mass is 9.84. The van der Waals surface area contributed by atoms with Gasteiger partial charge in [0.05, 0.1) is 26.1 Å². The van der Waals surface area contributed by atoms with Gasteiger partial charge in [-0.25, -0.2) is 9.59 Å². The van der Waals surface area contributed by atoms with Crippen LogP contribution in [0, 0.1) is 5.41 Å². The maximum absolute atomic E-state index is 12.8. The molecular formula is C27H28O8. The fourth-order valence-corrected chi connectivity index (χ4v) is 2.82. The summed E-state index contributed by atoms with van der Waals surface area (Å²) in [5, 5.41) is 0. The van der Waals surface area contributed by atoms with E-state index in [0.29, 0.717) is 17.9 Å². The van der Waals surface area contributed by atoms with Crippen molar-refractivity contribution in [1.82, 2.24) is 0 Å². The smallest absolute Gasteiger partial charge is 0.330 e. The van der Waals surface area contributed by atoms with Crippen LogP contribution in [-0.2, 0) is 28.7 Å². The molecule has 0 aliphatic heterocycles. The molecule has 2 aromatic rings. The molecule has 0 fully saturated rings. The van der Waals surface area contributed by atoms with Crippen molar-refractivity contribution in [1.29, 1.82) is 0 Å². The molecule has 8 heteroatoms. The van der Waals surface area contributed by atoms with Crippen molar-refractivity contribution < 1.29 is 38.1 Å². The van der Waals surface area contributed by atoms with Crippen molar-refractivity contribution >= 4 is 36.0 Å². The summed E-state index contributed by atoms with van der Waals surface area (Å²) in [5.41, 5.74) is 0.358. The molecule has 0 spiro atoms. The molecule has 0 bridgehead atoms. The molecule has 2 rings (SSSR count). The molecule has 0 radical (unpaired) electrons. The summed E-state index contributed by atoms with van der Waals surface area (Å²) >= 11 is 0. The molecule has 0 heterocycles. The number of carbonyl (C=O) groups is 4. The van der Waals surface area contributed by atoms with Crippen molar-refractivity contribution in [2.45, 2.75) is 26.7 Å². The van der Waals surface area contributed by atoms with Gasteiger partial charge in [-0.1, -0.05) is 31.2 Å². The maximum Gasteiger partial charge on any atom is 0.330 e. The Bertz CT molecular complexity index is 1100. The maximum atomic E-state index is 12.8. The van der Waals surface area contributed by atoms with E-state index in [2.05, 4.69) is 9.47 Å². The van der Waals surface area contributed by atoms with Crippen molar-refractivity contribution in [3.8, 4) is 11.5 Å². The molecule has 0 N–H and O–H groups in total. The molecule has 0 aliphatic rings. The van der Waals surface area contributed by atoms with Crippen LogP contribution in [0.3, 0.4) is 0 Å². The van der Waals surface area contributed by atoms with E-state index < -0.39 is 29.3 Å². The molecule has 0 amide bonds. The van der Waals surface area contributed by atoms with Crippen molar-refractivity contribution in [3.63, 3.8) is 0 Å². The number of methoxy groups -OCH3 is 2. The first-order valence-corrected chi connectivity index (χ1v) is 10.8. The first-order valence-electron chi connectivity index (χ1n) is 10.8. The number of hydrogen-bond donors (Lipinski definition) is 0. The third kappa shape index (κ3) is 8.58. The van der Waals surface area contributed by atoms with Gasteiger partial charge < -0.3 is 18.9 Å². The Morgan fingerprint density at radius 2 is 1.17 bits per heavy atom. The molecule has 0 saturated carbocycles. The summed E-state index contributed by atoms with van der Waals surface area (Å²) in [6, 6.07) is 13.1. The highest BCUT2D eigenvalue weighted by molar-refractivity contribution is 5.88. The van der Waals surface area contributed by atoms with Crippen LogP contribution >= 0.6 is 0 Å². The van der Waals surface area contributed by atoms with E-state index in [1.54, 1.807) is 74.5 Å². The zero-order chi connectivity index (χ0) is 25.8. The van der Waals surface area contributed by atoms with E-state index >= 15 is 0 Å². The minimum Gasteiger partial charge on any atom is -0.466 e. The van der Waals surface area contributed by atoms with Crippen LogP contribution in [0.2, 0.25) is 0 Å². The van der Waals surface area contributed by atoms with Gasteiger partial charge in [0.25, 0.3) is 0 Å². The first kappa shape index (κ1) is 27.0. The second kappa shape index (κ2) is 12.9. The summed E-state index contributed by atoms with van der Waals surface area (Å²) in [7, 11) is 2.58. The van der Waals surface area contributed by atoms with E-state index in [-0.39, 0.29) is 6.42 Å². The zero-order valence-electron chi connectivity index (χ0n) is 20.1. The summed E-state index contributed by atoms with van der Waals surface area (Å²) in [6.45, 7) is 3.43. The average molecular weight is 481 g/mol. The lowest BCUT2D eigenvalue weighted by molar-refractivity contribution is -0.151. The zero-order valence-corrected chi connectivity index (χ0v) is 20.1. The molecule has 0 aromatic heterocycles. The highest BCUT2D eigenvalue weighted by atomic mass is 16.5. The second-order valence-corrected chi connectivity index (χ2v) is 7.81. The third-order valence-electron chi connectivity index (χ3n) is 5.24. The highest BCUT2D eigenvalue weighted by Crippen LogP contribution is 2.30. The Labute approximate surface area is 204 Å². The second-order valence-electron chi connectivity index (χ2n) is 7.81. The van der Waals surface area contributed by atoms with Gasteiger partial charge in [-0.3, -0.25) is 9.59 Å². The molecule has 2 aromatic carbocycles. The van der Waals surface area contributed by atoms with Gasteiger partial charge in [0.2, 0.25) is 0 Å². The third-order valence-corrected chi connectivity index (χ3v) is 5.24. The largest absolute Gasteiger partial charge is 0.466 e. The molecule has 184 valence electrons. The summed E-state index contributed by atoms with van der Waals surface area (Å²) in [5.74, 6) is -1.46. The topological polar surface area (TPSA) is 105 Å². The highest BCUT2D eigenvalue weighted by Gasteiger charge is 2.36. The number of benzene rings is 2. The van der Waals surface area contributed by atoms with Crippen LogP contribution in [-0.4, -0.2) is 38.1 Å². The van der Waals surface area contributed by atoms with Crippen LogP contribution in [0.5, 0.6) is 11.5 Å². The predicted octanol–water partition coefficient (Wildman–Crippen LogP) is 4.38.